The molecule has 2 aliphatic carbocycles. The Morgan fingerprint density at radius 3 is 2.29 bits per heavy atom. The summed E-state index contributed by atoms with van der Waals surface area (Å²) in [5.41, 5.74) is -0.785. The maximum Gasteiger partial charge on any atom is 0.417 e. The molecule has 12 heteroatoms. The minimum Gasteiger partial charge on any atom is -0.381 e. The summed E-state index contributed by atoms with van der Waals surface area (Å²) >= 11 is 0. The van der Waals surface area contributed by atoms with Crippen molar-refractivity contribution < 1.29 is 32.3 Å². The second kappa shape index (κ2) is 12.6. The summed E-state index contributed by atoms with van der Waals surface area (Å²) in [6.45, 7) is 1.01. The van der Waals surface area contributed by atoms with Gasteiger partial charge in [0, 0.05) is 30.9 Å². The van der Waals surface area contributed by atoms with Gasteiger partial charge in [0.1, 0.15) is 6.04 Å². The topological polar surface area (TPSA) is 114 Å². The van der Waals surface area contributed by atoms with Crippen LogP contribution >= 0.6 is 0 Å². The summed E-state index contributed by atoms with van der Waals surface area (Å²) in [5.74, 6) is -1.57. The minimum absolute atomic E-state index is 0.0628. The van der Waals surface area contributed by atoms with E-state index in [1.165, 1.54) is 28.9 Å². The van der Waals surface area contributed by atoms with Crippen molar-refractivity contribution in [3.8, 4) is 11.3 Å². The van der Waals surface area contributed by atoms with Gasteiger partial charge >= 0.3 is 6.18 Å². The third-order valence-electron chi connectivity index (χ3n) is 8.20. The molecule has 0 spiro atoms. The molecule has 9 nitrogen and oxygen atoms in total. The molecule has 5 rings (SSSR count). The van der Waals surface area contributed by atoms with Crippen molar-refractivity contribution in [2.75, 3.05) is 13.2 Å². The summed E-state index contributed by atoms with van der Waals surface area (Å²) in [6.07, 6.45) is 2.46. The smallest absolute Gasteiger partial charge is 0.381 e. The molecule has 1 aromatic heterocycles. The Labute approximate surface area is 236 Å². The van der Waals surface area contributed by atoms with Crippen LogP contribution < -0.4 is 16.0 Å². The van der Waals surface area contributed by atoms with E-state index in [0.29, 0.717) is 26.1 Å². The second-order valence-corrected chi connectivity index (χ2v) is 11.2. The lowest BCUT2D eigenvalue weighted by Crippen LogP contribution is -2.53. The summed E-state index contributed by atoms with van der Waals surface area (Å²) in [7, 11) is 0. The van der Waals surface area contributed by atoms with Crippen molar-refractivity contribution in [2.24, 2.45) is 0 Å². The first-order chi connectivity index (χ1) is 19.7. The Hall–Kier alpha value is -3.41. The summed E-state index contributed by atoms with van der Waals surface area (Å²) in [5, 5.41) is 12.9. The van der Waals surface area contributed by atoms with Crippen LogP contribution in [-0.4, -0.2) is 58.8 Å². The van der Waals surface area contributed by atoms with Crippen molar-refractivity contribution >= 4 is 17.7 Å². The van der Waals surface area contributed by atoms with E-state index in [2.05, 4.69) is 21.0 Å². The first-order valence-electron chi connectivity index (χ1n) is 14.4. The van der Waals surface area contributed by atoms with Crippen LogP contribution in [0.4, 0.5) is 13.2 Å². The maximum absolute atomic E-state index is 13.9. The Balaban J connectivity index is 1.40. The SMILES string of the molecule is O=C(C[C@@H](NC(=O)c1cc(-c2ccccc2C(F)(F)F)n(C2CCCC2)n1)C(=O)NC1CCOCC1)NC1CCC1. The second-order valence-electron chi connectivity index (χ2n) is 11.2. The highest BCUT2D eigenvalue weighted by atomic mass is 19.4. The Bertz CT molecular complexity index is 1250. The number of benzene rings is 1. The van der Waals surface area contributed by atoms with Crippen LogP contribution in [0.3, 0.4) is 0 Å². The van der Waals surface area contributed by atoms with Gasteiger partial charge in [-0.15, -0.1) is 0 Å². The van der Waals surface area contributed by atoms with E-state index in [0.717, 1.165) is 51.0 Å². The number of carbonyl (C=O) groups excluding carboxylic acids is 3. The van der Waals surface area contributed by atoms with Crippen molar-refractivity contribution in [1.29, 1.82) is 0 Å². The molecule has 3 aliphatic rings. The van der Waals surface area contributed by atoms with Gasteiger partial charge in [0.25, 0.3) is 5.91 Å². The van der Waals surface area contributed by atoms with E-state index in [-0.39, 0.29) is 47.4 Å². The Morgan fingerprint density at radius 2 is 1.63 bits per heavy atom. The highest BCUT2D eigenvalue weighted by molar-refractivity contribution is 5.98. The molecule has 41 heavy (non-hydrogen) atoms. The van der Waals surface area contributed by atoms with Crippen LogP contribution in [0, 0.1) is 0 Å². The first kappa shape index (κ1) is 29.1. The largest absolute Gasteiger partial charge is 0.417 e. The fourth-order valence-corrected chi connectivity index (χ4v) is 5.70. The maximum atomic E-state index is 13.9. The van der Waals surface area contributed by atoms with Gasteiger partial charge in [0.05, 0.1) is 23.7 Å². The standard InChI is InChI=1S/C29H36F3N5O4/c30-29(31,32)22-11-4-3-10-21(22)25-16-24(36-37(25)20-8-1-2-9-20)28(40)35-23(17-26(38)33-18-6-5-7-18)27(39)34-19-12-14-41-15-13-19/h3-4,10-11,16,18-20,23H,1-2,5-9,12-15,17H2,(H,33,38)(H,34,39)(H,35,40)/t23-/m1/s1. The van der Waals surface area contributed by atoms with E-state index in [1.807, 2.05) is 0 Å². The van der Waals surface area contributed by atoms with Crippen molar-refractivity contribution in [3.63, 3.8) is 0 Å². The lowest BCUT2D eigenvalue weighted by Gasteiger charge is -2.28. The quantitative estimate of drug-likeness (QED) is 0.416. The lowest BCUT2D eigenvalue weighted by molar-refractivity contribution is -0.137. The Kier molecular flexibility index (Phi) is 8.96. The normalized spacial score (nSPS) is 19.4. The van der Waals surface area contributed by atoms with E-state index in [1.54, 1.807) is 0 Å². The molecule has 3 N–H and O–H groups in total. The van der Waals surface area contributed by atoms with Gasteiger partial charge in [-0.25, -0.2) is 0 Å². The number of hydrogen-bond acceptors (Lipinski definition) is 5. The third kappa shape index (κ3) is 7.09. The summed E-state index contributed by atoms with van der Waals surface area (Å²) < 4.78 is 48.6. The molecule has 0 bridgehead atoms. The molecular weight excluding hydrogens is 539 g/mol. The summed E-state index contributed by atoms with van der Waals surface area (Å²) in [6, 6.07) is 5.19. The van der Waals surface area contributed by atoms with Gasteiger partial charge in [0.15, 0.2) is 5.69 Å². The highest BCUT2D eigenvalue weighted by Gasteiger charge is 2.36. The number of nitrogens with one attached hydrogen (secondary N) is 3. The molecule has 222 valence electrons. The van der Waals surface area contributed by atoms with E-state index >= 15 is 0 Å². The molecule has 3 fully saturated rings. The zero-order valence-corrected chi connectivity index (χ0v) is 22.8. The monoisotopic (exact) mass is 575 g/mol. The fraction of sp³-hybridized carbons (Fsp3) is 0.586. The molecule has 2 saturated carbocycles. The van der Waals surface area contributed by atoms with Crippen molar-refractivity contribution in [1.82, 2.24) is 25.7 Å². The van der Waals surface area contributed by atoms with Crippen molar-refractivity contribution in [3.05, 3.63) is 41.6 Å². The van der Waals surface area contributed by atoms with Gasteiger partial charge in [-0.1, -0.05) is 31.0 Å². The third-order valence-corrected chi connectivity index (χ3v) is 8.20. The number of carbonyl (C=O) groups is 3. The molecule has 1 aliphatic heterocycles. The lowest BCUT2D eigenvalue weighted by atomic mass is 9.93. The molecular formula is C29H36F3N5O4. The van der Waals surface area contributed by atoms with Crippen LogP contribution in [0.5, 0.6) is 0 Å². The number of rotatable bonds is 9. The number of halogens is 3. The predicted molar refractivity (Wildman–Crippen MR) is 144 cm³/mol. The molecule has 1 saturated heterocycles. The van der Waals surface area contributed by atoms with Crippen LogP contribution in [0.25, 0.3) is 11.3 Å². The van der Waals surface area contributed by atoms with Gasteiger partial charge in [-0.05, 0) is 57.1 Å². The average Bonchev–Trinajstić information content (AvgIpc) is 3.61. The number of alkyl halides is 3. The highest BCUT2D eigenvalue weighted by Crippen LogP contribution is 2.40. The molecule has 0 unspecified atom stereocenters. The molecule has 2 aromatic rings. The number of nitrogens with zero attached hydrogens (tertiary/aromatic N) is 2. The fourth-order valence-electron chi connectivity index (χ4n) is 5.70. The predicted octanol–water partition coefficient (Wildman–Crippen LogP) is 4.14. The number of aromatic nitrogens is 2. The molecule has 1 aromatic carbocycles. The Morgan fingerprint density at radius 1 is 0.951 bits per heavy atom. The minimum atomic E-state index is -4.59. The van der Waals surface area contributed by atoms with E-state index < -0.39 is 29.6 Å². The molecule has 2 heterocycles. The number of hydrogen-bond donors (Lipinski definition) is 3. The number of amides is 3. The average molecular weight is 576 g/mol. The summed E-state index contributed by atoms with van der Waals surface area (Å²) in [4.78, 5) is 39.5. The van der Waals surface area contributed by atoms with E-state index in [9.17, 15) is 27.6 Å². The molecule has 3 amide bonds. The zero-order chi connectivity index (χ0) is 29.0. The first-order valence-corrected chi connectivity index (χ1v) is 14.4. The van der Waals surface area contributed by atoms with Gasteiger partial charge in [-0.3, -0.25) is 19.1 Å². The van der Waals surface area contributed by atoms with Crippen LogP contribution in [0.2, 0.25) is 0 Å². The zero-order valence-electron chi connectivity index (χ0n) is 22.8. The van der Waals surface area contributed by atoms with Gasteiger partial charge < -0.3 is 20.7 Å². The van der Waals surface area contributed by atoms with Crippen LogP contribution in [-0.2, 0) is 20.5 Å². The van der Waals surface area contributed by atoms with Crippen LogP contribution in [0.1, 0.15) is 86.3 Å². The number of ether oxygens (including phenoxy) is 1. The molecule has 0 radical (unpaired) electrons. The van der Waals surface area contributed by atoms with Gasteiger partial charge in [0.2, 0.25) is 11.8 Å². The van der Waals surface area contributed by atoms with Crippen molar-refractivity contribution in [2.45, 2.75) is 94.6 Å². The van der Waals surface area contributed by atoms with Gasteiger partial charge in [-0.2, -0.15) is 18.3 Å². The van der Waals surface area contributed by atoms with Crippen LogP contribution in [0.15, 0.2) is 30.3 Å². The molecule has 1 atom stereocenters. The van der Waals surface area contributed by atoms with E-state index in [4.69, 9.17) is 4.74 Å².